The van der Waals surface area contributed by atoms with Gasteiger partial charge in [-0.05, 0) is 65.0 Å². The van der Waals surface area contributed by atoms with Gasteiger partial charge in [0.2, 0.25) is 0 Å². The van der Waals surface area contributed by atoms with Crippen LogP contribution in [0.1, 0.15) is 25.5 Å². The van der Waals surface area contributed by atoms with Crippen LogP contribution in [0.2, 0.25) is 0 Å². The highest BCUT2D eigenvalue weighted by Gasteiger charge is 2.22. The van der Waals surface area contributed by atoms with Crippen LogP contribution in [-0.4, -0.2) is 66.8 Å². The summed E-state index contributed by atoms with van der Waals surface area (Å²) in [6.07, 6.45) is 2.27. The molecule has 0 saturated carbocycles. The zero-order chi connectivity index (χ0) is 19.4. The van der Waals surface area contributed by atoms with Crippen LogP contribution in [0.25, 0.3) is 10.9 Å². The fraction of sp³-hybridized carbons (Fsp3) is 0.571. The van der Waals surface area contributed by atoms with E-state index in [1.807, 2.05) is 25.1 Å². The second-order valence-corrected chi connectivity index (χ2v) is 7.62. The fourth-order valence-corrected chi connectivity index (χ4v) is 3.74. The number of carbonyl (C=O) groups is 1. The molecule has 1 atom stereocenters. The van der Waals surface area contributed by atoms with Crippen molar-refractivity contribution in [2.75, 3.05) is 45.7 Å². The Balaban J connectivity index is 1.72. The Morgan fingerprint density at radius 2 is 2.11 bits per heavy atom. The predicted octanol–water partition coefficient (Wildman–Crippen LogP) is 3.54. The minimum absolute atomic E-state index is 0.0571. The Kier molecular flexibility index (Phi) is 6.39. The van der Waals surface area contributed by atoms with Gasteiger partial charge in [-0.3, -0.25) is 0 Å². The van der Waals surface area contributed by atoms with Crippen molar-refractivity contribution in [3.8, 4) is 0 Å². The first-order valence-electron chi connectivity index (χ1n) is 9.90. The quantitative estimate of drug-likeness (QED) is 0.809. The van der Waals surface area contributed by atoms with Crippen LogP contribution in [0.15, 0.2) is 24.3 Å². The average Bonchev–Trinajstić information content (AvgIpc) is 3.24. The zero-order valence-electron chi connectivity index (χ0n) is 17.0. The molecule has 0 spiro atoms. The van der Waals surface area contributed by atoms with E-state index in [0.717, 1.165) is 43.6 Å². The Morgan fingerprint density at radius 1 is 1.30 bits per heavy atom. The summed E-state index contributed by atoms with van der Waals surface area (Å²) in [5.74, 6) is 0. The smallest absolute Gasteiger partial charge is 0.321 e. The molecule has 148 valence electrons. The minimum Gasteiger partial charge on any atom is -0.376 e. The number of benzene rings is 1. The van der Waals surface area contributed by atoms with E-state index in [9.17, 15) is 4.79 Å². The van der Waals surface area contributed by atoms with E-state index in [-0.39, 0.29) is 12.1 Å². The lowest BCUT2D eigenvalue weighted by atomic mass is 10.2. The molecule has 1 aliphatic rings. The number of amides is 2. The molecule has 0 unspecified atom stereocenters. The summed E-state index contributed by atoms with van der Waals surface area (Å²) in [5.41, 5.74) is 3.28. The van der Waals surface area contributed by atoms with E-state index in [0.29, 0.717) is 13.1 Å². The van der Waals surface area contributed by atoms with E-state index < -0.39 is 0 Å². The maximum Gasteiger partial charge on any atom is 0.321 e. The normalized spacial score (nSPS) is 17.0. The number of carbonyl (C=O) groups excluding carboxylic acids is 1. The number of ether oxygens (including phenoxy) is 1. The number of urea groups is 1. The van der Waals surface area contributed by atoms with Crippen LogP contribution in [-0.2, 0) is 11.3 Å². The monoisotopic (exact) mass is 372 g/mol. The molecule has 1 aliphatic heterocycles. The van der Waals surface area contributed by atoms with Crippen molar-refractivity contribution in [3.63, 3.8) is 0 Å². The summed E-state index contributed by atoms with van der Waals surface area (Å²) < 4.78 is 8.02. The van der Waals surface area contributed by atoms with E-state index in [1.165, 1.54) is 11.2 Å². The number of aryl methyl sites for hydroxylation is 2. The lowest BCUT2D eigenvalue weighted by Crippen LogP contribution is -2.43. The van der Waals surface area contributed by atoms with E-state index in [2.05, 4.69) is 46.8 Å². The van der Waals surface area contributed by atoms with Gasteiger partial charge in [0.05, 0.1) is 6.10 Å². The lowest BCUT2D eigenvalue weighted by Gasteiger charge is -2.27. The van der Waals surface area contributed by atoms with Crippen molar-refractivity contribution in [1.82, 2.24) is 14.4 Å². The Morgan fingerprint density at radius 3 is 2.78 bits per heavy atom. The number of anilines is 1. The van der Waals surface area contributed by atoms with E-state index in [4.69, 9.17) is 4.74 Å². The van der Waals surface area contributed by atoms with Gasteiger partial charge in [-0.1, -0.05) is 0 Å². The summed E-state index contributed by atoms with van der Waals surface area (Å²) in [6, 6.07) is 8.25. The van der Waals surface area contributed by atoms with Crippen LogP contribution < -0.4 is 5.32 Å². The highest BCUT2D eigenvalue weighted by Crippen LogP contribution is 2.23. The first-order valence-corrected chi connectivity index (χ1v) is 9.90. The van der Waals surface area contributed by atoms with Crippen LogP contribution in [0.3, 0.4) is 0 Å². The van der Waals surface area contributed by atoms with Crippen molar-refractivity contribution in [2.24, 2.45) is 0 Å². The molecule has 6 nitrogen and oxygen atoms in total. The van der Waals surface area contributed by atoms with Crippen molar-refractivity contribution < 1.29 is 9.53 Å². The molecule has 1 aromatic carbocycles. The van der Waals surface area contributed by atoms with E-state index in [1.54, 1.807) is 0 Å². The number of nitrogens with zero attached hydrogens (tertiary/aromatic N) is 3. The van der Waals surface area contributed by atoms with Gasteiger partial charge in [0.25, 0.3) is 0 Å². The molecule has 1 saturated heterocycles. The molecule has 1 fully saturated rings. The highest BCUT2D eigenvalue weighted by molar-refractivity contribution is 5.93. The molecule has 27 heavy (non-hydrogen) atoms. The molecule has 2 aromatic rings. The molecule has 6 heteroatoms. The van der Waals surface area contributed by atoms with Crippen molar-refractivity contribution in [2.45, 2.75) is 39.3 Å². The van der Waals surface area contributed by atoms with Crippen molar-refractivity contribution >= 4 is 22.6 Å². The number of rotatable bonds is 7. The van der Waals surface area contributed by atoms with Gasteiger partial charge < -0.3 is 24.4 Å². The lowest BCUT2D eigenvalue weighted by molar-refractivity contribution is 0.0820. The molecular formula is C21H32N4O2. The molecule has 2 amide bonds. The SMILES string of the molecule is CCn1c(C)cc2cc(NC(=O)N(CCN(C)C)C[C@H]3CCCO3)ccc21. The van der Waals surface area contributed by atoms with Gasteiger partial charge in [0, 0.05) is 55.1 Å². The first-order chi connectivity index (χ1) is 13.0. The number of nitrogens with one attached hydrogen (secondary N) is 1. The molecular weight excluding hydrogens is 340 g/mol. The summed E-state index contributed by atoms with van der Waals surface area (Å²) in [5, 5.41) is 4.24. The summed E-state index contributed by atoms with van der Waals surface area (Å²) in [7, 11) is 4.05. The van der Waals surface area contributed by atoms with Crippen LogP contribution in [0.4, 0.5) is 10.5 Å². The molecule has 1 aromatic heterocycles. The minimum atomic E-state index is -0.0571. The third-order valence-electron chi connectivity index (χ3n) is 5.23. The van der Waals surface area contributed by atoms with Gasteiger partial charge in [0.1, 0.15) is 0 Å². The summed E-state index contributed by atoms with van der Waals surface area (Å²) in [6.45, 7) is 8.18. The number of fused-ring (bicyclic) bond motifs is 1. The van der Waals surface area contributed by atoms with Crippen molar-refractivity contribution in [3.05, 3.63) is 30.0 Å². The maximum atomic E-state index is 12.9. The number of likely N-dealkylation sites (N-methyl/N-ethyl adjacent to an activating group) is 1. The van der Waals surface area contributed by atoms with Crippen molar-refractivity contribution in [1.29, 1.82) is 0 Å². The van der Waals surface area contributed by atoms with Gasteiger partial charge in [-0.2, -0.15) is 0 Å². The topological polar surface area (TPSA) is 49.7 Å². The van der Waals surface area contributed by atoms with Gasteiger partial charge in [-0.15, -0.1) is 0 Å². The van der Waals surface area contributed by atoms with Gasteiger partial charge in [-0.25, -0.2) is 4.79 Å². The first kappa shape index (κ1) is 19.7. The van der Waals surface area contributed by atoms with Crippen LogP contribution in [0, 0.1) is 6.92 Å². The molecule has 1 N–H and O–H groups in total. The highest BCUT2D eigenvalue weighted by atomic mass is 16.5. The van der Waals surface area contributed by atoms with E-state index >= 15 is 0 Å². The number of aromatic nitrogens is 1. The standard InChI is InChI=1S/C21H32N4O2/c1-5-25-16(2)13-17-14-18(8-9-20(17)25)22-21(26)24(11-10-23(3)4)15-19-7-6-12-27-19/h8-9,13-14,19H,5-7,10-12,15H2,1-4H3,(H,22,26)/t19-/m1/s1. The fourth-order valence-electron chi connectivity index (χ4n) is 3.74. The summed E-state index contributed by atoms with van der Waals surface area (Å²) >= 11 is 0. The third-order valence-corrected chi connectivity index (χ3v) is 5.23. The second-order valence-electron chi connectivity index (χ2n) is 7.62. The number of hydrogen-bond acceptors (Lipinski definition) is 3. The van der Waals surface area contributed by atoms with Crippen LogP contribution in [0.5, 0.6) is 0 Å². The maximum absolute atomic E-state index is 12.9. The Labute approximate surface area is 162 Å². The largest absolute Gasteiger partial charge is 0.376 e. The Bertz CT molecular complexity index is 778. The van der Waals surface area contributed by atoms with Gasteiger partial charge >= 0.3 is 6.03 Å². The van der Waals surface area contributed by atoms with Crippen LogP contribution >= 0.6 is 0 Å². The molecule has 0 bridgehead atoms. The average molecular weight is 373 g/mol. The Hall–Kier alpha value is -2.05. The molecule has 0 radical (unpaired) electrons. The third kappa shape index (κ3) is 4.82. The molecule has 2 heterocycles. The number of hydrogen-bond donors (Lipinski definition) is 1. The summed E-state index contributed by atoms with van der Waals surface area (Å²) in [4.78, 5) is 16.9. The van der Waals surface area contributed by atoms with Gasteiger partial charge in [0.15, 0.2) is 0 Å². The predicted molar refractivity (Wildman–Crippen MR) is 110 cm³/mol. The molecule has 0 aliphatic carbocycles. The molecule has 3 rings (SSSR count). The zero-order valence-corrected chi connectivity index (χ0v) is 17.0. The second kappa shape index (κ2) is 8.76.